The Kier molecular flexibility index (Phi) is 4.05. The van der Waals surface area contributed by atoms with Gasteiger partial charge in [-0.3, -0.25) is 4.79 Å². The molecule has 0 spiro atoms. The van der Waals surface area contributed by atoms with E-state index < -0.39 is 5.82 Å². The predicted molar refractivity (Wildman–Crippen MR) is 68.8 cm³/mol. The molecule has 0 heterocycles. The van der Waals surface area contributed by atoms with Crippen LogP contribution in [-0.2, 0) is 0 Å². The van der Waals surface area contributed by atoms with Gasteiger partial charge in [-0.15, -0.1) is 0 Å². The van der Waals surface area contributed by atoms with Crippen LogP contribution < -0.4 is 5.32 Å². The van der Waals surface area contributed by atoms with Crippen molar-refractivity contribution in [3.63, 3.8) is 0 Å². The Morgan fingerprint density at radius 1 is 1.41 bits per heavy atom. The van der Waals surface area contributed by atoms with Crippen LogP contribution in [0.3, 0.4) is 0 Å². The second kappa shape index (κ2) is 5.36. The third-order valence-electron chi connectivity index (χ3n) is 2.94. The first-order valence-electron chi connectivity index (χ1n) is 5.53. The van der Waals surface area contributed by atoms with Gasteiger partial charge in [0.1, 0.15) is 5.82 Å². The second-order valence-electron chi connectivity index (χ2n) is 4.21. The highest BCUT2D eigenvalue weighted by Crippen LogP contribution is 2.27. The Bertz CT molecular complexity index is 423. The van der Waals surface area contributed by atoms with Gasteiger partial charge in [0.2, 0.25) is 0 Å². The lowest BCUT2D eigenvalue weighted by Gasteiger charge is -2.12. The van der Waals surface area contributed by atoms with E-state index in [0.29, 0.717) is 10.0 Å². The first kappa shape index (κ1) is 12.8. The van der Waals surface area contributed by atoms with E-state index in [-0.39, 0.29) is 17.0 Å². The van der Waals surface area contributed by atoms with E-state index in [1.165, 1.54) is 6.07 Å². The third kappa shape index (κ3) is 2.99. The number of hydrogen-bond acceptors (Lipinski definition) is 1. The van der Waals surface area contributed by atoms with Crippen molar-refractivity contribution in [3.8, 4) is 0 Å². The Labute approximate surface area is 113 Å². The third-order valence-corrected chi connectivity index (χ3v) is 4.17. The summed E-state index contributed by atoms with van der Waals surface area (Å²) >= 11 is 8.80. The molecule has 0 radical (unpaired) electrons. The Morgan fingerprint density at radius 2 is 2.06 bits per heavy atom. The summed E-state index contributed by atoms with van der Waals surface area (Å²) in [5, 5.41) is 2.90. The normalized spacial score (nSPS) is 16.2. The molecular formula is C12H12BrClFNO. The largest absolute Gasteiger partial charge is 0.349 e. The zero-order valence-electron chi connectivity index (χ0n) is 9.10. The van der Waals surface area contributed by atoms with E-state index >= 15 is 0 Å². The van der Waals surface area contributed by atoms with Gasteiger partial charge < -0.3 is 5.32 Å². The maximum absolute atomic E-state index is 13.4. The van der Waals surface area contributed by atoms with E-state index in [1.807, 2.05) is 0 Å². The summed E-state index contributed by atoms with van der Waals surface area (Å²) in [5.41, 5.74) is 0.297. The summed E-state index contributed by atoms with van der Waals surface area (Å²) in [5.74, 6) is -0.828. The van der Waals surface area contributed by atoms with Gasteiger partial charge in [-0.1, -0.05) is 24.4 Å². The van der Waals surface area contributed by atoms with Crippen LogP contribution in [0.1, 0.15) is 36.0 Å². The zero-order valence-corrected chi connectivity index (χ0v) is 11.4. The van der Waals surface area contributed by atoms with Crippen molar-refractivity contribution >= 4 is 33.4 Å². The second-order valence-corrected chi connectivity index (χ2v) is 5.44. The Balaban J connectivity index is 2.13. The Hall–Kier alpha value is -0.610. The summed E-state index contributed by atoms with van der Waals surface area (Å²) in [7, 11) is 0. The molecular weight excluding hydrogens is 308 g/mol. The maximum atomic E-state index is 13.4. The lowest BCUT2D eigenvalue weighted by atomic mass is 10.2. The van der Waals surface area contributed by atoms with Crippen molar-refractivity contribution in [1.29, 1.82) is 0 Å². The molecule has 0 unspecified atom stereocenters. The van der Waals surface area contributed by atoms with Crippen molar-refractivity contribution in [3.05, 3.63) is 33.0 Å². The minimum atomic E-state index is -0.586. The van der Waals surface area contributed by atoms with Gasteiger partial charge in [-0.25, -0.2) is 4.39 Å². The minimum Gasteiger partial charge on any atom is -0.349 e. The van der Waals surface area contributed by atoms with Gasteiger partial charge in [0.15, 0.2) is 0 Å². The SMILES string of the molecule is O=C(NC1CCCC1)c1cc(F)c(Cl)c(Br)c1. The fourth-order valence-electron chi connectivity index (χ4n) is 2.03. The average molecular weight is 321 g/mol. The summed E-state index contributed by atoms with van der Waals surface area (Å²) in [6.07, 6.45) is 4.29. The number of amides is 1. The molecule has 1 amide bonds. The van der Waals surface area contributed by atoms with Gasteiger partial charge in [0, 0.05) is 16.1 Å². The van der Waals surface area contributed by atoms with Crippen molar-refractivity contribution in [2.75, 3.05) is 0 Å². The van der Waals surface area contributed by atoms with Crippen LogP contribution in [0.2, 0.25) is 5.02 Å². The van der Waals surface area contributed by atoms with Gasteiger partial charge in [0.25, 0.3) is 5.91 Å². The van der Waals surface area contributed by atoms with E-state index in [0.717, 1.165) is 31.7 Å². The number of rotatable bonds is 2. The fraction of sp³-hybridized carbons (Fsp3) is 0.417. The molecule has 5 heteroatoms. The highest BCUT2D eigenvalue weighted by Gasteiger charge is 2.19. The molecule has 1 aliphatic rings. The molecule has 1 N–H and O–H groups in total. The molecule has 1 fully saturated rings. The van der Waals surface area contributed by atoms with Crippen LogP contribution in [0.4, 0.5) is 4.39 Å². The standard InChI is InChI=1S/C12H12BrClFNO/c13-9-5-7(6-10(15)11(9)14)12(17)16-8-3-1-2-4-8/h5-6,8H,1-4H2,(H,16,17). The summed E-state index contributed by atoms with van der Waals surface area (Å²) in [4.78, 5) is 11.9. The Morgan fingerprint density at radius 3 is 2.65 bits per heavy atom. The van der Waals surface area contributed by atoms with Crippen molar-refractivity contribution in [2.24, 2.45) is 0 Å². The maximum Gasteiger partial charge on any atom is 0.251 e. The summed E-state index contributed by atoms with van der Waals surface area (Å²) in [6.45, 7) is 0. The minimum absolute atomic E-state index is 0.00224. The van der Waals surface area contributed by atoms with Crippen LogP contribution >= 0.6 is 27.5 Å². The zero-order chi connectivity index (χ0) is 12.4. The van der Waals surface area contributed by atoms with Crippen LogP contribution in [0.25, 0.3) is 0 Å². The molecule has 0 atom stereocenters. The van der Waals surface area contributed by atoms with Crippen LogP contribution in [-0.4, -0.2) is 11.9 Å². The topological polar surface area (TPSA) is 29.1 Å². The number of carbonyl (C=O) groups is 1. The fourth-order valence-corrected chi connectivity index (χ4v) is 2.57. The molecule has 1 saturated carbocycles. The highest BCUT2D eigenvalue weighted by atomic mass is 79.9. The molecule has 0 bridgehead atoms. The smallest absolute Gasteiger partial charge is 0.251 e. The summed E-state index contributed by atoms with van der Waals surface area (Å²) < 4.78 is 13.8. The van der Waals surface area contributed by atoms with Crippen LogP contribution in [0, 0.1) is 5.82 Å². The molecule has 1 aromatic rings. The molecule has 0 aliphatic heterocycles. The quantitative estimate of drug-likeness (QED) is 0.822. The van der Waals surface area contributed by atoms with Gasteiger partial charge in [-0.2, -0.15) is 0 Å². The monoisotopic (exact) mass is 319 g/mol. The molecule has 2 nitrogen and oxygen atoms in total. The van der Waals surface area contributed by atoms with Crippen molar-refractivity contribution in [2.45, 2.75) is 31.7 Å². The predicted octanol–water partition coefficient (Wildman–Crippen LogP) is 3.91. The van der Waals surface area contributed by atoms with Gasteiger partial charge >= 0.3 is 0 Å². The molecule has 0 aromatic heterocycles. The first-order valence-corrected chi connectivity index (χ1v) is 6.70. The van der Waals surface area contributed by atoms with Gasteiger partial charge in [0.05, 0.1) is 5.02 Å². The van der Waals surface area contributed by atoms with Crippen molar-refractivity contribution in [1.82, 2.24) is 5.32 Å². The number of benzene rings is 1. The lowest BCUT2D eigenvalue weighted by molar-refractivity contribution is 0.0937. The summed E-state index contributed by atoms with van der Waals surface area (Å²) in [6, 6.07) is 2.92. The molecule has 0 saturated heterocycles. The molecule has 92 valence electrons. The van der Waals surface area contributed by atoms with E-state index in [1.54, 1.807) is 0 Å². The molecule has 2 rings (SSSR count). The number of halogens is 3. The highest BCUT2D eigenvalue weighted by molar-refractivity contribution is 9.10. The molecule has 1 aliphatic carbocycles. The van der Waals surface area contributed by atoms with E-state index in [4.69, 9.17) is 11.6 Å². The molecule has 1 aromatic carbocycles. The average Bonchev–Trinajstić information content (AvgIpc) is 2.77. The number of carbonyl (C=O) groups excluding carboxylic acids is 1. The van der Waals surface area contributed by atoms with Crippen molar-refractivity contribution < 1.29 is 9.18 Å². The van der Waals surface area contributed by atoms with Crippen LogP contribution in [0.15, 0.2) is 16.6 Å². The number of hydrogen-bond donors (Lipinski definition) is 1. The van der Waals surface area contributed by atoms with E-state index in [2.05, 4.69) is 21.2 Å². The van der Waals surface area contributed by atoms with Gasteiger partial charge in [-0.05, 0) is 40.9 Å². The number of nitrogens with one attached hydrogen (secondary N) is 1. The van der Waals surface area contributed by atoms with E-state index in [9.17, 15) is 9.18 Å². The van der Waals surface area contributed by atoms with Crippen LogP contribution in [0.5, 0.6) is 0 Å². The first-order chi connectivity index (χ1) is 8.08. The molecule has 17 heavy (non-hydrogen) atoms. The lowest BCUT2D eigenvalue weighted by Crippen LogP contribution is -2.32.